The summed E-state index contributed by atoms with van der Waals surface area (Å²) in [4.78, 5) is 24.4. The minimum atomic E-state index is -0.461. The summed E-state index contributed by atoms with van der Waals surface area (Å²) in [6.45, 7) is 4.37. The van der Waals surface area contributed by atoms with Crippen LogP contribution in [0, 0.1) is 17.0 Å². The van der Waals surface area contributed by atoms with Crippen LogP contribution in [0.5, 0.6) is 0 Å². The number of rotatable bonds is 5. The number of carbonyl (C=O) groups excluding carboxylic acids is 1. The number of aryl methyl sites for hydroxylation is 1. The molecule has 0 spiro atoms. The van der Waals surface area contributed by atoms with E-state index in [4.69, 9.17) is 0 Å². The van der Waals surface area contributed by atoms with Crippen molar-refractivity contribution >= 4 is 27.5 Å². The second-order valence-corrected chi connectivity index (χ2v) is 6.12. The highest BCUT2D eigenvalue weighted by Gasteiger charge is 2.17. The first-order valence-corrected chi connectivity index (χ1v) is 6.89. The molecule has 0 heterocycles. The Bertz CT molecular complexity index is 489. The van der Waals surface area contributed by atoms with Gasteiger partial charge in [0.15, 0.2) is 0 Å². The Morgan fingerprint density at radius 3 is 2.63 bits per heavy atom. The van der Waals surface area contributed by atoms with E-state index < -0.39 is 4.92 Å². The number of benzene rings is 1. The predicted octanol–water partition coefficient (Wildman–Crippen LogP) is 3.15. The standard InChI is InChI=1S/C13H17BrN2O3/c1-9-8-11(16(18)19)4-5-12(9)13(17)15(3)7-6-10(2)14/h4-5,8,10H,6-7H2,1-3H3. The number of amides is 1. The summed E-state index contributed by atoms with van der Waals surface area (Å²) >= 11 is 3.44. The highest BCUT2D eigenvalue weighted by atomic mass is 79.9. The third kappa shape index (κ3) is 4.31. The first kappa shape index (κ1) is 15.6. The number of non-ortho nitro benzene ring substituents is 1. The van der Waals surface area contributed by atoms with Gasteiger partial charge in [-0.2, -0.15) is 0 Å². The van der Waals surface area contributed by atoms with Crippen LogP contribution in [0.3, 0.4) is 0 Å². The summed E-state index contributed by atoms with van der Waals surface area (Å²) in [5.41, 5.74) is 1.14. The minimum absolute atomic E-state index is 0.00536. The summed E-state index contributed by atoms with van der Waals surface area (Å²) in [6, 6.07) is 4.30. The van der Waals surface area contributed by atoms with Crippen LogP contribution in [0.4, 0.5) is 5.69 Å². The van der Waals surface area contributed by atoms with Crippen molar-refractivity contribution in [3.63, 3.8) is 0 Å². The predicted molar refractivity (Wildman–Crippen MR) is 77.8 cm³/mol. The third-order valence-electron chi connectivity index (χ3n) is 2.86. The molecule has 1 aromatic rings. The topological polar surface area (TPSA) is 63.5 Å². The van der Waals surface area contributed by atoms with Crippen molar-refractivity contribution in [3.8, 4) is 0 Å². The summed E-state index contributed by atoms with van der Waals surface area (Å²) in [5.74, 6) is -0.111. The van der Waals surface area contributed by atoms with Gasteiger partial charge in [-0.3, -0.25) is 14.9 Å². The summed E-state index contributed by atoms with van der Waals surface area (Å²) in [7, 11) is 1.73. The number of nitro groups is 1. The van der Waals surface area contributed by atoms with Gasteiger partial charge in [-0.25, -0.2) is 0 Å². The Morgan fingerprint density at radius 2 is 2.16 bits per heavy atom. The molecular weight excluding hydrogens is 312 g/mol. The quantitative estimate of drug-likeness (QED) is 0.474. The van der Waals surface area contributed by atoms with Gasteiger partial charge in [0.2, 0.25) is 0 Å². The maximum absolute atomic E-state index is 12.2. The van der Waals surface area contributed by atoms with Crippen LogP contribution in [-0.2, 0) is 0 Å². The van der Waals surface area contributed by atoms with E-state index in [1.165, 1.54) is 18.2 Å². The second-order valence-electron chi connectivity index (χ2n) is 4.55. The maximum atomic E-state index is 12.2. The van der Waals surface area contributed by atoms with Crippen molar-refractivity contribution in [1.82, 2.24) is 4.90 Å². The Morgan fingerprint density at radius 1 is 1.53 bits per heavy atom. The van der Waals surface area contributed by atoms with E-state index in [1.54, 1.807) is 18.9 Å². The zero-order chi connectivity index (χ0) is 14.6. The minimum Gasteiger partial charge on any atom is -0.342 e. The normalized spacial score (nSPS) is 12.0. The van der Waals surface area contributed by atoms with Crippen molar-refractivity contribution in [2.24, 2.45) is 0 Å². The lowest BCUT2D eigenvalue weighted by Crippen LogP contribution is -2.29. The van der Waals surface area contributed by atoms with Gasteiger partial charge in [-0.05, 0) is 25.0 Å². The average molecular weight is 329 g/mol. The van der Waals surface area contributed by atoms with Crippen LogP contribution in [0.1, 0.15) is 29.3 Å². The molecule has 19 heavy (non-hydrogen) atoms. The number of hydrogen-bond donors (Lipinski definition) is 0. The van der Waals surface area contributed by atoms with Gasteiger partial charge in [-0.1, -0.05) is 22.9 Å². The molecule has 0 saturated heterocycles. The first-order chi connectivity index (χ1) is 8.82. The fraction of sp³-hybridized carbons (Fsp3) is 0.462. The SMILES string of the molecule is Cc1cc([N+](=O)[O-])ccc1C(=O)N(C)CCC(C)Br. The van der Waals surface area contributed by atoms with Crippen molar-refractivity contribution < 1.29 is 9.72 Å². The molecule has 104 valence electrons. The summed E-state index contributed by atoms with van der Waals surface area (Å²) in [5, 5.41) is 10.7. The van der Waals surface area contributed by atoms with Gasteiger partial charge in [-0.15, -0.1) is 0 Å². The van der Waals surface area contributed by atoms with E-state index in [0.717, 1.165) is 6.42 Å². The molecular formula is C13H17BrN2O3. The molecule has 1 atom stereocenters. The zero-order valence-corrected chi connectivity index (χ0v) is 12.8. The van der Waals surface area contributed by atoms with Gasteiger partial charge in [0.25, 0.3) is 11.6 Å². The van der Waals surface area contributed by atoms with E-state index in [2.05, 4.69) is 15.9 Å². The molecule has 1 unspecified atom stereocenters. The van der Waals surface area contributed by atoms with E-state index >= 15 is 0 Å². The molecule has 0 aliphatic carbocycles. The van der Waals surface area contributed by atoms with Crippen molar-refractivity contribution in [3.05, 3.63) is 39.4 Å². The fourth-order valence-electron chi connectivity index (χ4n) is 1.68. The number of nitro benzene ring substituents is 1. The van der Waals surface area contributed by atoms with E-state index in [1.807, 2.05) is 6.92 Å². The third-order valence-corrected chi connectivity index (χ3v) is 3.32. The van der Waals surface area contributed by atoms with Crippen LogP contribution < -0.4 is 0 Å². The summed E-state index contributed by atoms with van der Waals surface area (Å²) < 4.78 is 0. The Hall–Kier alpha value is -1.43. The first-order valence-electron chi connectivity index (χ1n) is 5.97. The van der Waals surface area contributed by atoms with E-state index in [0.29, 0.717) is 22.5 Å². The van der Waals surface area contributed by atoms with Gasteiger partial charge in [0.1, 0.15) is 0 Å². The number of alkyl halides is 1. The average Bonchev–Trinajstić information content (AvgIpc) is 2.34. The Labute approximate surface area is 120 Å². The van der Waals surface area contributed by atoms with Crippen molar-refractivity contribution in [2.75, 3.05) is 13.6 Å². The largest absolute Gasteiger partial charge is 0.342 e. The Balaban J connectivity index is 2.85. The molecule has 0 aliphatic heterocycles. The highest BCUT2D eigenvalue weighted by Crippen LogP contribution is 2.18. The van der Waals surface area contributed by atoms with Crippen LogP contribution in [0.15, 0.2) is 18.2 Å². The molecule has 0 aliphatic rings. The highest BCUT2D eigenvalue weighted by molar-refractivity contribution is 9.09. The molecule has 0 bridgehead atoms. The maximum Gasteiger partial charge on any atom is 0.269 e. The zero-order valence-electron chi connectivity index (χ0n) is 11.2. The number of halogens is 1. The molecule has 1 amide bonds. The molecule has 0 radical (unpaired) electrons. The van der Waals surface area contributed by atoms with E-state index in [9.17, 15) is 14.9 Å². The van der Waals surface area contributed by atoms with Crippen LogP contribution >= 0.6 is 15.9 Å². The second kappa shape index (κ2) is 6.65. The number of carbonyl (C=O) groups is 1. The molecule has 0 fully saturated rings. The van der Waals surface area contributed by atoms with Crippen LogP contribution in [0.2, 0.25) is 0 Å². The van der Waals surface area contributed by atoms with Gasteiger partial charge in [0, 0.05) is 36.1 Å². The van der Waals surface area contributed by atoms with Crippen molar-refractivity contribution in [1.29, 1.82) is 0 Å². The Kier molecular flexibility index (Phi) is 5.47. The van der Waals surface area contributed by atoms with Gasteiger partial charge >= 0.3 is 0 Å². The molecule has 1 aromatic carbocycles. The lowest BCUT2D eigenvalue weighted by atomic mass is 10.1. The van der Waals surface area contributed by atoms with Crippen LogP contribution in [0.25, 0.3) is 0 Å². The molecule has 0 saturated carbocycles. The number of hydrogen-bond acceptors (Lipinski definition) is 3. The van der Waals surface area contributed by atoms with Gasteiger partial charge in [0.05, 0.1) is 4.92 Å². The lowest BCUT2D eigenvalue weighted by Gasteiger charge is -2.18. The number of nitrogens with zero attached hydrogens (tertiary/aromatic N) is 2. The van der Waals surface area contributed by atoms with Crippen molar-refractivity contribution in [2.45, 2.75) is 25.1 Å². The summed E-state index contributed by atoms with van der Waals surface area (Å²) in [6.07, 6.45) is 0.855. The molecule has 5 nitrogen and oxygen atoms in total. The molecule has 6 heteroatoms. The fourth-order valence-corrected chi connectivity index (χ4v) is 1.88. The monoisotopic (exact) mass is 328 g/mol. The molecule has 1 rings (SSSR count). The van der Waals surface area contributed by atoms with Crippen LogP contribution in [-0.4, -0.2) is 34.2 Å². The van der Waals surface area contributed by atoms with Gasteiger partial charge < -0.3 is 4.90 Å². The lowest BCUT2D eigenvalue weighted by molar-refractivity contribution is -0.384. The molecule has 0 aromatic heterocycles. The molecule has 0 N–H and O–H groups in total. The van der Waals surface area contributed by atoms with E-state index in [-0.39, 0.29) is 11.6 Å². The smallest absolute Gasteiger partial charge is 0.269 e.